The molecule has 2 nitrogen and oxygen atoms in total. The lowest BCUT2D eigenvalue weighted by Gasteiger charge is -2.05. The number of rotatable bonds is 3. The van der Waals surface area contributed by atoms with Crippen molar-refractivity contribution in [1.82, 2.24) is 0 Å². The molecule has 0 aliphatic carbocycles. The SMILES string of the molecule is C.C=C(C)C(=O)OCC(C)C. The van der Waals surface area contributed by atoms with Crippen LogP contribution in [0.2, 0.25) is 0 Å². The van der Waals surface area contributed by atoms with E-state index in [0.29, 0.717) is 18.1 Å². The molecule has 0 aliphatic rings. The van der Waals surface area contributed by atoms with Gasteiger partial charge in [0, 0.05) is 5.57 Å². The van der Waals surface area contributed by atoms with Gasteiger partial charge < -0.3 is 4.74 Å². The second kappa shape index (κ2) is 5.96. The van der Waals surface area contributed by atoms with Crippen molar-refractivity contribution in [3.63, 3.8) is 0 Å². The Morgan fingerprint density at radius 3 is 2.27 bits per heavy atom. The van der Waals surface area contributed by atoms with Crippen LogP contribution in [-0.2, 0) is 9.53 Å². The van der Waals surface area contributed by atoms with E-state index in [-0.39, 0.29) is 13.4 Å². The van der Waals surface area contributed by atoms with Crippen LogP contribution < -0.4 is 0 Å². The summed E-state index contributed by atoms with van der Waals surface area (Å²) >= 11 is 0. The largest absolute Gasteiger partial charge is 0.462 e. The quantitative estimate of drug-likeness (QED) is 0.465. The maximum Gasteiger partial charge on any atom is 0.333 e. The normalized spacial score (nSPS) is 8.73. The fourth-order valence-electron chi connectivity index (χ4n) is 0.366. The van der Waals surface area contributed by atoms with Crippen LogP contribution in [0.15, 0.2) is 12.2 Å². The van der Waals surface area contributed by atoms with Gasteiger partial charge in [-0.3, -0.25) is 0 Å². The third kappa shape index (κ3) is 7.10. The van der Waals surface area contributed by atoms with E-state index in [1.807, 2.05) is 13.8 Å². The van der Waals surface area contributed by atoms with Crippen LogP contribution in [-0.4, -0.2) is 12.6 Å². The summed E-state index contributed by atoms with van der Waals surface area (Å²) in [5.41, 5.74) is 0.459. The number of ether oxygens (including phenoxy) is 1. The van der Waals surface area contributed by atoms with Crippen molar-refractivity contribution in [3.05, 3.63) is 12.2 Å². The standard InChI is InChI=1S/C8H14O2.CH4/c1-6(2)5-10-8(9)7(3)4;/h6H,3,5H2,1-2,4H3;1H4. The lowest BCUT2D eigenvalue weighted by atomic mass is 10.2. The highest BCUT2D eigenvalue weighted by atomic mass is 16.5. The van der Waals surface area contributed by atoms with Crippen LogP contribution in [0.3, 0.4) is 0 Å². The Morgan fingerprint density at radius 2 is 2.00 bits per heavy atom. The Morgan fingerprint density at radius 1 is 1.55 bits per heavy atom. The number of hydrogen-bond donors (Lipinski definition) is 0. The predicted octanol–water partition coefficient (Wildman–Crippen LogP) is 2.40. The van der Waals surface area contributed by atoms with Crippen LogP contribution in [0.25, 0.3) is 0 Å². The summed E-state index contributed by atoms with van der Waals surface area (Å²) in [6.07, 6.45) is 0. The van der Waals surface area contributed by atoms with Crippen molar-refractivity contribution >= 4 is 5.97 Å². The number of esters is 1. The minimum absolute atomic E-state index is 0. The van der Waals surface area contributed by atoms with E-state index >= 15 is 0 Å². The maximum atomic E-state index is 10.7. The molecule has 0 aromatic rings. The third-order valence-electron chi connectivity index (χ3n) is 0.896. The molecule has 0 heterocycles. The monoisotopic (exact) mass is 158 g/mol. The Kier molecular flexibility index (Phi) is 6.96. The van der Waals surface area contributed by atoms with Crippen molar-refractivity contribution in [2.24, 2.45) is 5.92 Å². The molecule has 0 aliphatic heterocycles. The first kappa shape index (κ1) is 12.8. The second-order valence-electron chi connectivity index (χ2n) is 2.77. The fraction of sp³-hybridized carbons (Fsp3) is 0.667. The lowest BCUT2D eigenvalue weighted by Crippen LogP contribution is -2.09. The highest BCUT2D eigenvalue weighted by Crippen LogP contribution is 1.97. The zero-order valence-electron chi connectivity index (χ0n) is 6.81. The fourth-order valence-corrected chi connectivity index (χ4v) is 0.366. The smallest absolute Gasteiger partial charge is 0.333 e. The van der Waals surface area contributed by atoms with Crippen LogP contribution in [0, 0.1) is 5.92 Å². The van der Waals surface area contributed by atoms with Gasteiger partial charge in [0.25, 0.3) is 0 Å². The first-order valence-corrected chi connectivity index (χ1v) is 3.36. The number of hydrogen-bond acceptors (Lipinski definition) is 2. The van der Waals surface area contributed by atoms with Crippen molar-refractivity contribution in [3.8, 4) is 0 Å². The van der Waals surface area contributed by atoms with Gasteiger partial charge in [-0.05, 0) is 12.8 Å². The van der Waals surface area contributed by atoms with E-state index in [2.05, 4.69) is 6.58 Å². The topological polar surface area (TPSA) is 26.3 Å². The average Bonchev–Trinajstić information content (AvgIpc) is 1.82. The van der Waals surface area contributed by atoms with Crippen molar-refractivity contribution in [2.45, 2.75) is 28.2 Å². The third-order valence-corrected chi connectivity index (χ3v) is 0.896. The molecule has 0 amide bonds. The molecule has 0 rings (SSSR count). The predicted molar refractivity (Wildman–Crippen MR) is 47.3 cm³/mol. The summed E-state index contributed by atoms with van der Waals surface area (Å²) in [4.78, 5) is 10.7. The summed E-state index contributed by atoms with van der Waals surface area (Å²) in [6, 6.07) is 0. The minimum Gasteiger partial charge on any atom is -0.462 e. The molecule has 0 fully saturated rings. The molecule has 0 saturated heterocycles. The van der Waals surface area contributed by atoms with Gasteiger partial charge in [-0.25, -0.2) is 4.79 Å². The minimum atomic E-state index is -0.297. The lowest BCUT2D eigenvalue weighted by molar-refractivity contribution is -0.139. The van der Waals surface area contributed by atoms with Gasteiger partial charge in [0.05, 0.1) is 6.61 Å². The number of carbonyl (C=O) groups is 1. The van der Waals surface area contributed by atoms with Crippen molar-refractivity contribution in [1.29, 1.82) is 0 Å². The average molecular weight is 158 g/mol. The van der Waals surface area contributed by atoms with Gasteiger partial charge in [0.15, 0.2) is 0 Å². The van der Waals surface area contributed by atoms with Crippen molar-refractivity contribution < 1.29 is 9.53 Å². The van der Waals surface area contributed by atoms with E-state index < -0.39 is 0 Å². The van der Waals surface area contributed by atoms with Crippen LogP contribution >= 0.6 is 0 Å². The van der Waals surface area contributed by atoms with E-state index in [0.717, 1.165) is 0 Å². The summed E-state index contributed by atoms with van der Waals surface area (Å²) in [5, 5.41) is 0. The second-order valence-corrected chi connectivity index (χ2v) is 2.77. The molecule has 0 radical (unpaired) electrons. The summed E-state index contributed by atoms with van der Waals surface area (Å²) < 4.78 is 4.83. The molecular formula is C9H18O2. The first-order valence-electron chi connectivity index (χ1n) is 3.36. The molecule has 0 atom stereocenters. The van der Waals surface area contributed by atoms with Crippen molar-refractivity contribution in [2.75, 3.05) is 6.61 Å². The van der Waals surface area contributed by atoms with Gasteiger partial charge in [0.1, 0.15) is 0 Å². The first-order chi connectivity index (χ1) is 4.54. The highest BCUT2D eigenvalue weighted by molar-refractivity contribution is 5.86. The van der Waals surface area contributed by atoms with E-state index in [1.54, 1.807) is 6.92 Å². The maximum absolute atomic E-state index is 10.7. The van der Waals surface area contributed by atoms with Gasteiger partial charge in [-0.15, -0.1) is 0 Å². The van der Waals surface area contributed by atoms with E-state index in [9.17, 15) is 4.79 Å². The molecule has 2 heteroatoms. The number of carbonyl (C=O) groups excluding carboxylic acids is 1. The van der Waals surface area contributed by atoms with Gasteiger partial charge >= 0.3 is 5.97 Å². The molecule has 0 aromatic heterocycles. The van der Waals surface area contributed by atoms with Crippen LogP contribution in [0.5, 0.6) is 0 Å². The zero-order chi connectivity index (χ0) is 8.15. The summed E-state index contributed by atoms with van der Waals surface area (Å²) in [7, 11) is 0. The Hall–Kier alpha value is -0.790. The van der Waals surface area contributed by atoms with Gasteiger partial charge in [0.2, 0.25) is 0 Å². The molecule has 66 valence electrons. The Bertz CT molecular complexity index is 136. The highest BCUT2D eigenvalue weighted by Gasteiger charge is 2.03. The zero-order valence-corrected chi connectivity index (χ0v) is 6.81. The van der Waals surface area contributed by atoms with E-state index in [1.165, 1.54) is 0 Å². The van der Waals surface area contributed by atoms with Gasteiger partial charge in [-0.1, -0.05) is 27.9 Å². The molecule has 0 unspecified atom stereocenters. The molecule has 0 aromatic carbocycles. The molecule has 0 bridgehead atoms. The van der Waals surface area contributed by atoms with Crippen LogP contribution in [0.1, 0.15) is 28.2 Å². The van der Waals surface area contributed by atoms with Crippen LogP contribution in [0.4, 0.5) is 0 Å². The molecule has 0 saturated carbocycles. The van der Waals surface area contributed by atoms with Gasteiger partial charge in [-0.2, -0.15) is 0 Å². The summed E-state index contributed by atoms with van der Waals surface area (Å²) in [5.74, 6) is 0.0944. The Balaban J connectivity index is 0. The molecule has 11 heavy (non-hydrogen) atoms. The van der Waals surface area contributed by atoms with E-state index in [4.69, 9.17) is 4.74 Å². The molecule has 0 spiro atoms. The summed E-state index contributed by atoms with van der Waals surface area (Å²) in [6.45, 7) is 9.56. The Labute approximate surface area is 69.3 Å². The molecule has 0 N–H and O–H groups in total. The molecular weight excluding hydrogens is 140 g/mol.